The zero-order valence-corrected chi connectivity index (χ0v) is 15.9. The summed E-state index contributed by atoms with van der Waals surface area (Å²) in [4.78, 5) is 36.3. The molecule has 1 heterocycles. The van der Waals surface area contributed by atoms with Gasteiger partial charge in [0.05, 0.1) is 6.26 Å². The third kappa shape index (κ3) is 5.01. The average Bonchev–Trinajstić information content (AvgIpc) is 3.24. The third-order valence-electron chi connectivity index (χ3n) is 4.10. The Bertz CT molecular complexity index is 1040. The molecular formula is C21H20N4O4. The lowest BCUT2D eigenvalue weighted by atomic mass is 10.1. The van der Waals surface area contributed by atoms with Gasteiger partial charge in [0.1, 0.15) is 0 Å². The number of hydrogen-bond donors (Lipinski definition) is 4. The average molecular weight is 392 g/mol. The molecular weight excluding hydrogens is 372 g/mol. The fraction of sp³-hybridized carbons (Fsp3) is 0.0952. The van der Waals surface area contributed by atoms with E-state index < -0.39 is 5.91 Å². The van der Waals surface area contributed by atoms with E-state index in [2.05, 4.69) is 21.3 Å². The zero-order chi connectivity index (χ0) is 20.8. The monoisotopic (exact) mass is 392 g/mol. The maximum atomic E-state index is 12.6. The molecule has 29 heavy (non-hydrogen) atoms. The summed E-state index contributed by atoms with van der Waals surface area (Å²) in [6.45, 7) is 1.83. The molecule has 0 aliphatic heterocycles. The highest BCUT2D eigenvalue weighted by Crippen LogP contribution is 2.20. The molecule has 0 atom stereocenters. The summed E-state index contributed by atoms with van der Waals surface area (Å²) >= 11 is 0. The predicted octanol–water partition coefficient (Wildman–Crippen LogP) is 3.84. The lowest BCUT2D eigenvalue weighted by Crippen LogP contribution is -2.24. The van der Waals surface area contributed by atoms with Crippen LogP contribution in [0.25, 0.3) is 0 Å². The Kier molecular flexibility index (Phi) is 5.94. The Morgan fingerprint density at radius 3 is 2.28 bits per heavy atom. The summed E-state index contributed by atoms with van der Waals surface area (Å²) in [5.41, 5.74) is 2.74. The minimum atomic E-state index is -0.399. The molecule has 8 nitrogen and oxygen atoms in total. The molecule has 3 rings (SSSR count). The number of nitrogens with one attached hydrogen (secondary N) is 4. The second kappa shape index (κ2) is 8.75. The van der Waals surface area contributed by atoms with Gasteiger partial charge in [0.2, 0.25) is 0 Å². The summed E-state index contributed by atoms with van der Waals surface area (Å²) in [6.07, 6.45) is 1.42. The molecule has 4 amide bonds. The number of hydrogen-bond acceptors (Lipinski definition) is 4. The molecule has 0 radical (unpaired) electrons. The molecule has 1 aromatic heterocycles. The number of aryl methyl sites for hydroxylation is 1. The maximum absolute atomic E-state index is 12.6. The van der Waals surface area contributed by atoms with Crippen LogP contribution in [0.1, 0.15) is 26.5 Å². The van der Waals surface area contributed by atoms with Crippen molar-refractivity contribution in [3.63, 3.8) is 0 Å². The van der Waals surface area contributed by atoms with Crippen molar-refractivity contribution >= 4 is 34.9 Å². The molecule has 0 bridgehead atoms. The predicted molar refractivity (Wildman–Crippen MR) is 110 cm³/mol. The quantitative estimate of drug-likeness (QED) is 0.528. The van der Waals surface area contributed by atoms with Crippen LogP contribution in [0.15, 0.2) is 65.3 Å². The van der Waals surface area contributed by atoms with Gasteiger partial charge < -0.3 is 25.7 Å². The van der Waals surface area contributed by atoms with Gasteiger partial charge in [-0.3, -0.25) is 9.59 Å². The minimum absolute atomic E-state index is 0.180. The number of rotatable bonds is 5. The molecule has 0 spiro atoms. The van der Waals surface area contributed by atoms with Crippen molar-refractivity contribution in [2.45, 2.75) is 6.92 Å². The van der Waals surface area contributed by atoms with Gasteiger partial charge in [0, 0.05) is 29.7 Å². The maximum Gasteiger partial charge on any atom is 0.318 e. The molecule has 0 aliphatic carbocycles. The first-order chi connectivity index (χ1) is 14.0. The largest absolute Gasteiger partial charge is 0.459 e. The van der Waals surface area contributed by atoms with Gasteiger partial charge in [-0.2, -0.15) is 0 Å². The summed E-state index contributed by atoms with van der Waals surface area (Å²) in [6, 6.07) is 14.6. The fourth-order valence-corrected chi connectivity index (χ4v) is 2.56. The van der Waals surface area contributed by atoms with Gasteiger partial charge in [-0.25, -0.2) is 4.79 Å². The summed E-state index contributed by atoms with van der Waals surface area (Å²) in [7, 11) is 1.51. The van der Waals surface area contributed by atoms with E-state index in [0.29, 0.717) is 22.6 Å². The third-order valence-corrected chi connectivity index (χ3v) is 4.10. The number of urea groups is 1. The lowest BCUT2D eigenvalue weighted by molar-refractivity contribution is 0.0993. The molecule has 8 heteroatoms. The van der Waals surface area contributed by atoms with Crippen LogP contribution in [0.2, 0.25) is 0 Å². The van der Waals surface area contributed by atoms with E-state index in [1.807, 2.05) is 6.92 Å². The van der Waals surface area contributed by atoms with Crippen molar-refractivity contribution in [1.29, 1.82) is 0 Å². The summed E-state index contributed by atoms with van der Waals surface area (Å²) < 4.78 is 5.09. The van der Waals surface area contributed by atoms with Gasteiger partial charge in [-0.15, -0.1) is 0 Å². The number of carbonyl (C=O) groups excluding carboxylic acids is 3. The Morgan fingerprint density at radius 1 is 0.828 bits per heavy atom. The normalized spacial score (nSPS) is 10.1. The van der Waals surface area contributed by atoms with Gasteiger partial charge in [-0.05, 0) is 55.0 Å². The van der Waals surface area contributed by atoms with Crippen molar-refractivity contribution in [2.24, 2.45) is 0 Å². The fourth-order valence-electron chi connectivity index (χ4n) is 2.56. The van der Waals surface area contributed by atoms with E-state index in [1.165, 1.54) is 13.3 Å². The zero-order valence-electron chi connectivity index (χ0n) is 15.9. The first-order valence-electron chi connectivity index (χ1n) is 8.82. The molecule has 0 saturated heterocycles. The summed E-state index contributed by atoms with van der Waals surface area (Å²) in [5.74, 6) is -0.570. The van der Waals surface area contributed by atoms with E-state index in [-0.39, 0.29) is 17.7 Å². The first-order valence-corrected chi connectivity index (χ1v) is 8.82. The van der Waals surface area contributed by atoms with Crippen LogP contribution in [0.5, 0.6) is 0 Å². The smallest absolute Gasteiger partial charge is 0.318 e. The Balaban J connectivity index is 1.74. The van der Waals surface area contributed by atoms with E-state index >= 15 is 0 Å². The van der Waals surface area contributed by atoms with E-state index in [4.69, 9.17) is 4.42 Å². The van der Waals surface area contributed by atoms with E-state index in [9.17, 15) is 14.4 Å². The Morgan fingerprint density at radius 2 is 1.59 bits per heavy atom. The number of anilines is 3. The Labute approximate surface area is 167 Å². The SMILES string of the molecule is CNC(=O)Nc1cccc(NC(=O)c2ccc(C)c(NC(=O)c3ccco3)c2)c1. The van der Waals surface area contributed by atoms with Crippen LogP contribution in [0.4, 0.5) is 21.9 Å². The number of amides is 4. The van der Waals surface area contributed by atoms with Gasteiger partial charge >= 0.3 is 6.03 Å². The topological polar surface area (TPSA) is 112 Å². The van der Waals surface area contributed by atoms with Crippen LogP contribution in [-0.4, -0.2) is 24.9 Å². The second-order valence-corrected chi connectivity index (χ2v) is 6.20. The number of carbonyl (C=O) groups is 3. The van der Waals surface area contributed by atoms with Crippen LogP contribution < -0.4 is 21.3 Å². The second-order valence-electron chi connectivity index (χ2n) is 6.20. The molecule has 3 aromatic rings. The molecule has 148 valence electrons. The van der Waals surface area contributed by atoms with Gasteiger partial charge in [0.25, 0.3) is 11.8 Å². The van der Waals surface area contributed by atoms with E-state index in [0.717, 1.165) is 5.56 Å². The highest BCUT2D eigenvalue weighted by atomic mass is 16.3. The van der Waals surface area contributed by atoms with Crippen molar-refractivity contribution in [3.05, 3.63) is 77.7 Å². The standard InChI is InChI=1S/C21H20N4O4/c1-13-8-9-14(11-17(13)25-20(27)18-7-4-10-29-18)19(26)23-15-5-3-6-16(12-15)24-21(28)22-2/h3-12H,1-2H3,(H,23,26)(H,25,27)(H2,22,24,28). The first kappa shape index (κ1) is 19.7. The van der Waals surface area contributed by atoms with Crippen LogP contribution >= 0.6 is 0 Å². The Hall–Kier alpha value is -4.07. The summed E-state index contributed by atoms with van der Waals surface area (Å²) in [5, 5.41) is 10.6. The molecule has 0 aliphatic rings. The minimum Gasteiger partial charge on any atom is -0.459 e. The van der Waals surface area contributed by atoms with Crippen molar-refractivity contribution in [3.8, 4) is 0 Å². The van der Waals surface area contributed by atoms with E-state index in [1.54, 1.807) is 54.6 Å². The van der Waals surface area contributed by atoms with Crippen molar-refractivity contribution in [1.82, 2.24) is 5.32 Å². The highest BCUT2D eigenvalue weighted by Gasteiger charge is 2.13. The van der Waals surface area contributed by atoms with Crippen LogP contribution in [0, 0.1) is 6.92 Å². The van der Waals surface area contributed by atoms with Gasteiger partial charge in [-0.1, -0.05) is 12.1 Å². The van der Waals surface area contributed by atoms with Crippen molar-refractivity contribution < 1.29 is 18.8 Å². The number of benzene rings is 2. The molecule has 0 saturated carbocycles. The van der Waals surface area contributed by atoms with Crippen LogP contribution in [0.3, 0.4) is 0 Å². The lowest BCUT2D eigenvalue weighted by Gasteiger charge is -2.11. The van der Waals surface area contributed by atoms with Gasteiger partial charge in [0.15, 0.2) is 5.76 Å². The molecule has 2 aromatic carbocycles. The molecule has 0 fully saturated rings. The van der Waals surface area contributed by atoms with Crippen molar-refractivity contribution in [2.75, 3.05) is 23.0 Å². The van der Waals surface area contributed by atoms with Crippen LogP contribution in [-0.2, 0) is 0 Å². The molecule has 4 N–H and O–H groups in total. The molecule has 0 unspecified atom stereocenters. The number of furan rings is 1. The highest BCUT2D eigenvalue weighted by molar-refractivity contribution is 6.07.